The number of likely N-dealkylation sites (tertiary alicyclic amines) is 1. The summed E-state index contributed by atoms with van der Waals surface area (Å²) < 4.78 is 38.0. The molecule has 1 aromatic rings. The number of carbonyl (C=O) groups excluding carboxylic acids is 1. The first kappa shape index (κ1) is 19.3. The molecule has 2 fully saturated rings. The third kappa shape index (κ3) is 3.16. The Morgan fingerprint density at radius 2 is 2.00 bits per heavy atom. The van der Waals surface area contributed by atoms with E-state index in [4.69, 9.17) is 9.26 Å². The second-order valence-corrected chi connectivity index (χ2v) is 9.35. The van der Waals surface area contributed by atoms with E-state index in [0.717, 1.165) is 0 Å². The first-order chi connectivity index (χ1) is 12.2. The summed E-state index contributed by atoms with van der Waals surface area (Å²) >= 11 is 0. The molecule has 3 rings (SSSR count). The van der Waals surface area contributed by atoms with Gasteiger partial charge in [-0.05, 0) is 32.1 Å². The van der Waals surface area contributed by atoms with Crippen molar-refractivity contribution in [3.8, 4) is 0 Å². The number of carbonyl (C=O) groups is 1. The normalized spacial score (nSPS) is 23.7. The molecule has 1 aromatic heterocycles. The van der Waals surface area contributed by atoms with E-state index < -0.39 is 10.0 Å². The number of rotatable bonds is 4. The van der Waals surface area contributed by atoms with E-state index in [1.165, 1.54) is 4.31 Å². The molecule has 146 valence electrons. The van der Waals surface area contributed by atoms with E-state index in [-0.39, 0.29) is 22.1 Å². The fourth-order valence-corrected chi connectivity index (χ4v) is 6.15. The second kappa shape index (κ2) is 6.94. The number of aromatic nitrogens is 1. The molecule has 26 heavy (non-hydrogen) atoms. The summed E-state index contributed by atoms with van der Waals surface area (Å²) in [6.45, 7) is 7.65. The Morgan fingerprint density at radius 3 is 2.50 bits per heavy atom. The molecule has 0 bridgehead atoms. The lowest BCUT2D eigenvalue weighted by Crippen LogP contribution is -2.47. The number of amides is 1. The molecule has 0 aliphatic carbocycles. The Hall–Kier alpha value is -1.45. The number of hydrogen-bond acceptors (Lipinski definition) is 6. The molecule has 0 aromatic carbocycles. The summed E-state index contributed by atoms with van der Waals surface area (Å²) in [6.07, 6.45) is 1.43. The minimum Gasteiger partial charge on any atom is -0.384 e. The monoisotopic (exact) mass is 385 g/mol. The van der Waals surface area contributed by atoms with Crippen molar-refractivity contribution in [1.82, 2.24) is 14.4 Å². The van der Waals surface area contributed by atoms with E-state index in [1.807, 2.05) is 4.90 Å². The summed E-state index contributed by atoms with van der Waals surface area (Å²) in [6, 6.07) is 0. The third-order valence-corrected chi connectivity index (χ3v) is 8.05. The minimum atomic E-state index is -3.62. The second-order valence-electron chi connectivity index (χ2n) is 7.47. The fraction of sp³-hybridized carbons (Fsp3) is 0.765. The summed E-state index contributed by atoms with van der Waals surface area (Å²) in [7, 11) is -1.95. The largest absolute Gasteiger partial charge is 0.384 e. The lowest BCUT2D eigenvalue weighted by Gasteiger charge is -2.41. The quantitative estimate of drug-likeness (QED) is 0.773. The van der Waals surface area contributed by atoms with Crippen molar-refractivity contribution in [2.75, 3.05) is 39.9 Å². The molecule has 0 N–H and O–H groups in total. The highest BCUT2D eigenvalue weighted by Crippen LogP contribution is 2.45. The van der Waals surface area contributed by atoms with Gasteiger partial charge < -0.3 is 14.2 Å². The molecule has 8 nitrogen and oxygen atoms in total. The molecule has 1 amide bonds. The van der Waals surface area contributed by atoms with Gasteiger partial charge in [-0.25, -0.2) is 8.42 Å². The van der Waals surface area contributed by atoms with Crippen LogP contribution >= 0.6 is 0 Å². The number of sulfonamides is 1. The lowest BCUT2D eigenvalue weighted by molar-refractivity contribution is -0.128. The van der Waals surface area contributed by atoms with Gasteiger partial charge in [0.05, 0.1) is 6.61 Å². The topological polar surface area (TPSA) is 93.0 Å². The maximum absolute atomic E-state index is 13.0. The van der Waals surface area contributed by atoms with Gasteiger partial charge in [0.1, 0.15) is 10.6 Å². The van der Waals surface area contributed by atoms with Crippen LogP contribution in [0, 0.1) is 25.2 Å². The van der Waals surface area contributed by atoms with Gasteiger partial charge in [-0.1, -0.05) is 5.16 Å². The summed E-state index contributed by atoms with van der Waals surface area (Å²) in [4.78, 5) is 13.9. The van der Waals surface area contributed by atoms with Crippen LogP contribution in [0.25, 0.3) is 0 Å². The predicted octanol–water partition coefficient (Wildman–Crippen LogP) is 1.19. The minimum absolute atomic E-state index is 0.0637. The maximum atomic E-state index is 13.0. The molecular formula is C17H27N3O5S. The predicted molar refractivity (Wildman–Crippen MR) is 94.0 cm³/mol. The summed E-state index contributed by atoms with van der Waals surface area (Å²) in [5.41, 5.74) is 0.315. The first-order valence-corrected chi connectivity index (χ1v) is 10.3. The Bertz CT molecular complexity index is 761. The molecule has 1 atom stereocenters. The third-order valence-electron chi connectivity index (χ3n) is 5.91. The summed E-state index contributed by atoms with van der Waals surface area (Å²) in [5.74, 6) is 0.623. The average Bonchev–Trinajstić information content (AvgIpc) is 3.10. The van der Waals surface area contributed by atoms with Crippen LogP contribution in [0.5, 0.6) is 0 Å². The summed E-state index contributed by atoms with van der Waals surface area (Å²) in [5, 5.41) is 3.77. The first-order valence-electron chi connectivity index (χ1n) is 8.89. The fourth-order valence-electron chi connectivity index (χ4n) is 4.41. The van der Waals surface area contributed by atoms with Crippen molar-refractivity contribution in [3.05, 3.63) is 11.5 Å². The highest BCUT2D eigenvalue weighted by Gasteiger charge is 2.50. The standard InChI is InChI=1S/C17H27N3O5S/c1-12-16(13(2)25-18-12)26(22,23)20-7-5-17(6-8-20)11-19(14(3)21)9-15(17)10-24-4/h15H,5-11H2,1-4H3. The van der Waals surface area contributed by atoms with Crippen molar-refractivity contribution < 1.29 is 22.5 Å². The molecule has 2 aliphatic heterocycles. The van der Waals surface area contributed by atoms with Crippen molar-refractivity contribution in [2.45, 2.75) is 38.5 Å². The Balaban J connectivity index is 1.79. The molecule has 9 heteroatoms. The zero-order chi connectivity index (χ0) is 19.1. The molecule has 2 aliphatic rings. The Morgan fingerprint density at radius 1 is 1.35 bits per heavy atom. The van der Waals surface area contributed by atoms with Gasteiger partial charge in [-0.3, -0.25) is 4.79 Å². The number of nitrogens with zero attached hydrogens (tertiary/aromatic N) is 3. The van der Waals surface area contributed by atoms with Crippen molar-refractivity contribution in [1.29, 1.82) is 0 Å². The number of ether oxygens (including phenoxy) is 1. The molecule has 2 saturated heterocycles. The van der Waals surface area contributed by atoms with Gasteiger partial charge in [0, 0.05) is 46.1 Å². The molecule has 1 unspecified atom stereocenters. The van der Waals surface area contributed by atoms with Crippen LogP contribution in [0.3, 0.4) is 0 Å². The van der Waals surface area contributed by atoms with E-state index in [1.54, 1.807) is 27.9 Å². The van der Waals surface area contributed by atoms with E-state index in [2.05, 4.69) is 5.16 Å². The van der Waals surface area contributed by atoms with Gasteiger partial charge in [-0.2, -0.15) is 4.31 Å². The van der Waals surface area contributed by atoms with Crippen LogP contribution in [0.4, 0.5) is 0 Å². The van der Waals surface area contributed by atoms with Crippen molar-refractivity contribution in [3.63, 3.8) is 0 Å². The van der Waals surface area contributed by atoms with E-state index in [0.29, 0.717) is 57.1 Å². The molecule has 1 spiro atoms. The van der Waals surface area contributed by atoms with Crippen molar-refractivity contribution >= 4 is 15.9 Å². The SMILES string of the molecule is COCC1CN(C(C)=O)CC12CCN(S(=O)(=O)c1c(C)noc1C)CC2. The molecule has 0 radical (unpaired) electrons. The number of hydrogen-bond donors (Lipinski definition) is 0. The Kier molecular flexibility index (Phi) is 5.15. The van der Waals surface area contributed by atoms with Gasteiger partial charge in [0.25, 0.3) is 0 Å². The van der Waals surface area contributed by atoms with Gasteiger partial charge in [-0.15, -0.1) is 0 Å². The molecule has 0 saturated carbocycles. The highest BCUT2D eigenvalue weighted by molar-refractivity contribution is 7.89. The zero-order valence-electron chi connectivity index (χ0n) is 15.8. The van der Waals surface area contributed by atoms with Crippen LogP contribution < -0.4 is 0 Å². The maximum Gasteiger partial charge on any atom is 0.248 e. The van der Waals surface area contributed by atoms with Crippen LogP contribution in [-0.4, -0.2) is 68.6 Å². The van der Waals surface area contributed by atoms with Gasteiger partial charge >= 0.3 is 0 Å². The van der Waals surface area contributed by atoms with Crippen LogP contribution in [0.15, 0.2) is 9.42 Å². The lowest BCUT2D eigenvalue weighted by atomic mass is 9.71. The van der Waals surface area contributed by atoms with Gasteiger partial charge in [0.15, 0.2) is 5.76 Å². The van der Waals surface area contributed by atoms with E-state index in [9.17, 15) is 13.2 Å². The van der Waals surface area contributed by atoms with Crippen LogP contribution in [0.1, 0.15) is 31.2 Å². The smallest absolute Gasteiger partial charge is 0.248 e. The van der Waals surface area contributed by atoms with E-state index >= 15 is 0 Å². The van der Waals surface area contributed by atoms with Crippen molar-refractivity contribution in [2.24, 2.45) is 11.3 Å². The Labute approximate surface area is 154 Å². The number of piperidine rings is 1. The zero-order valence-corrected chi connectivity index (χ0v) is 16.6. The van der Waals surface area contributed by atoms with Crippen LogP contribution in [-0.2, 0) is 19.6 Å². The van der Waals surface area contributed by atoms with Gasteiger partial charge in [0.2, 0.25) is 15.9 Å². The molecular weight excluding hydrogens is 358 g/mol. The number of methoxy groups -OCH3 is 1. The number of aryl methyl sites for hydroxylation is 2. The molecule has 3 heterocycles. The average molecular weight is 385 g/mol. The highest BCUT2D eigenvalue weighted by atomic mass is 32.2. The van der Waals surface area contributed by atoms with Crippen LogP contribution in [0.2, 0.25) is 0 Å².